The average Bonchev–Trinajstić information content (AvgIpc) is 2.11. The predicted octanol–water partition coefficient (Wildman–Crippen LogP) is 3.64. The molecule has 0 spiro atoms. The summed E-state index contributed by atoms with van der Waals surface area (Å²) in [5, 5.41) is -2.01. The Balaban J connectivity index is 3.81. The van der Waals surface area contributed by atoms with E-state index in [0.717, 1.165) is 0 Å². The van der Waals surface area contributed by atoms with Crippen LogP contribution in [0.5, 0.6) is 0 Å². The standard InChI is InChI=1S/C8ClF7O/c9-7(17)1-3(10)2(8(14,15)16)5(12)6(13)4(1)11. The first-order valence-corrected chi connectivity index (χ1v) is 4.09. The van der Waals surface area contributed by atoms with Crippen LogP contribution in [0.1, 0.15) is 15.9 Å². The van der Waals surface area contributed by atoms with Crippen LogP contribution in [0.4, 0.5) is 30.7 Å². The number of rotatable bonds is 1. The van der Waals surface area contributed by atoms with E-state index in [1.165, 1.54) is 0 Å². The average molecular weight is 281 g/mol. The van der Waals surface area contributed by atoms with Gasteiger partial charge in [0.1, 0.15) is 11.1 Å². The van der Waals surface area contributed by atoms with Crippen molar-refractivity contribution in [3.63, 3.8) is 0 Å². The van der Waals surface area contributed by atoms with E-state index < -0.39 is 45.8 Å². The predicted molar refractivity (Wildman–Crippen MR) is 41.5 cm³/mol. The van der Waals surface area contributed by atoms with Crippen molar-refractivity contribution in [3.8, 4) is 0 Å². The highest BCUT2D eigenvalue weighted by atomic mass is 35.5. The second-order valence-electron chi connectivity index (χ2n) is 2.78. The molecular weight excluding hydrogens is 281 g/mol. The zero-order chi connectivity index (χ0) is 13.5. The van der Waals surface area contributed by atoms with Crippen molar-refractivity contribution in [2.24, 2.45) is 0 Å². The lowest BCUT2D eigenvalue weighted by Gasteiger charge is -2.12. The van der Waals surface area contributed by atoms with Crippen molar-refractivity contribution in [1.29, 1.82) is 0 Å². The molecule has 9 heteroatoms. The Morgan fingerprint density at radius 2 is 1.35 bits per heavy atom. The van der Waals surface area contributed by atoms with E-state index in [-0.39, 0.29) is 0 Å². The van der Waals surface area contributed by atoms with Crippen LogP contribution in [0, 0.1) is 23.3 Å². The summed E-state index contributed by atoms with van der Waals surface area (Å²) in [6.07, 6.45) is -5.64. The number of carbonyl (C=O) groups is 1. The van der Waals surface area contributed by atoms with Crippen molar-refractivity contribution in [2.75, 3.05) is 0 Å². The Hall–Kier alpha value is -1.31. The summed E-state index contributed by atoms with van der Waals surface area (Å²) in [5.74, 6) is -10.4. The van der Waals surface area contributed by atoms with Crippen LogP contribution >= 0.6 is 11.6 Å². The van der Waals surface area contributed by atoms with Crippen LogP contribution < -0.4 is 0 Å². The van der Waals surface area contributed by atoms with Gasteiger partial charge in [0.25, 0.3) is 5.24 Å². The van der Waals surface area contributed by atoms with Crippen molar-refractivity contribution in [1.82, 2.24) is 0 Å². The van der Waals surface area contributed by atoms with E-state index in [9.17, 15) is 35.5 Å². The van der Waals surface area contributed by atoms with Gasteiger partial charge in [0.05, 0.1) is 0 Å². The monoisotopic (exact) mass is 280 g/mol. The molecule has 0 heterocycles. The number of alkyl halides is 3. The zero-order valence-electron chi connectivity index (χ0n) is 7.43. The minimum Gasteiger partial charge on any atom is -0.275 e. The fraction of sp³-hybridized carbons (Fsp3) is 0.125. The van der Waals surface area contributed by atoms with Gasteiger partial charge in [0.15, 0.2) is 23.3 Å². The number of hydrogen-bond acceptors (Lipinski definition) is 1. The summed E-state index contributed by atoms with van der Waals surface area (Å²) in [6, 6.07) is 0. The summed E-state index contributed by atoms with van der Waals surface area (Å²) >= 11 is 4.58. The Kier molecular flexibility index (Phi) is 3.37. The number of benzene rings is 1. The molecule has 0 bridgehead atoms. The Morgan fingerprint density at radius 1 is 0.882 bits per heavy atom. The van der Waals surface area contributed by atoms with E-state index in [1.807, 2.05) is 0 Å². The van der Waals surface area contributed by atoms with Gasteiger partial charge < -0.3 is 0 Å². The summed E-state index contributed by atoms with van der Waals surface area (Å²) in [4.78, 5) is 10.5. The third-order valence-electron chi connectivity index (χ3n) is 1.74. The summed E-state index contributed by atoms with van der Waals surface area (Å²) in [7, 11) is 0. The summed E-state index contributed by atoms with van der Waals surface area (Å²) in [5.41, 5.74) is -4.70. The molecule has 1 aromatic rings. The first-order chi connectivity index (χ1) is 7.59. The zero-order valence-corrected chi connectivity index (χ0v) is 8.19. The Bertz CT molecular complexity index is 494. The van der Waals surface area contributed by atoms with Crippen molar-refractivity contribution in [3.05, 3.63) is 34.4 Å². The van der Waals surface area contributed by atoms with Crippen LogP contribution in [0.25, 0.3) is 0 Å². The maximum atomic E-state index is 13.0. The van der Waals surface area contributed by atoms with Gasteiger partial charge in [-0.2, -0.15) is 13.2 Å². The Morgan fingerprint density at radius 3 is 1.71 bits per heavy atom. The molecule has 0 saturated carbocycles. The number of hydrogen-bond donors (Lipinski definition) is 0. The molecule has 0 aliphatic rings. The highest BCUT2D eigenvalue weighted by molar-refractivity contribution is 6.67. The third-order valence-corrected chi connectivity index (χ3v) is 1.93. The molecule has 0 unspecified atom stereocenters. The molecule has 0 amide bonds. The van der Waals surface area contributed by atoms with Crippen molar-refractivity contribution in [2.45, 2.75) is 6.18 Å². The van der Waals surface area contributed by atoms with Gasteiger partial charge in [0.2, 0.25) is 0 Å². The van der Waals surface area contributed by atoms with E-state index in [1.54, 1.807) is 0 Å². The van der Waals surface area contributed by atoms with Gasteiger partial charge in [-0.25, -0.2) is 17.6 Å². The molecule has 1 rings (SSSR count). The SMILES string of the molecule is O=C(Cl)c1c(F)c(F)c(F)c(C(F)(F)F)c1F. The number of halogens is 8. The van der Waals surface area contributed by atoms with Gasteiger partial charge in [-0.1, -0.05) is 0 Å². The summed E-state index contributed by atoms with van der Waals surface area (Å²) in [6.45, 7) is 0. The van der Waals surface area contributed by atoms with Crippen LogP contribution in [0.2, 0.25) is 0 Å². The van der Waals surface area contributed by atoms with Gasteiger partial charge in [-0.15, -0.1) is 0 Å². The molecule has 1 nitrogen and oxygen atoms in total. The van der Waals surface area contributed by atoms with E-state index in [2.05, 4.69) is 11.6 Å². The van der Waals surface area contributed by atoms with Gasteiger partial charge in [-0.3, -0.25) is 4.79 Å². The molecular formula is C8ClF7O. The normalized spacial score (nSPS) is 11.8. The topological polar surface area (TPSA) is 17.1 Å². The van der Waals surface area contributed by atoms with Gasteiger partial charge >= 0.3 is 6.18 Å². The number of carbonyl (C=O) groups excluding carboxylic acids is 1. The molecule has 0 atom stereocenters. The quantitative estimate of drug-likeness (QED) is 0.332. The lowest BCUT2D eigenvalue weighted by atomic mass is 10.1. The Labute approximate surface area is 93.8 Å². The maximum absolute atomic E-state index is 13.0. The van der Waals surface area contributed by atoms with Crippen LogP contribution in [-0.4, -0.2) is 5.24 Å². The molecule has 0 aliphatic heterocycles. The van der Waals surface area contributed by atoms with Gasteiger partial charge in [-0.05, 0) is 11.6 Å². The fourth-order valence-corrected chi connectivity index (χ4v) is 1.22. The van der Waals surface area contributed by atoms with E-state index >= 15 is 0 Å². The maximum Gasteiger partial charge on any atom is 0.422 e. The smallest absolute Gasteiger partial charge is 0.275 e. The first-order valence-electron chi connectivity index (χ1n) is 3.72. The molecule has 1 aromatic carbocycles. The van der Waals surface area contributed by atoms with Crippen molar-refractivity contribution < 1.29 is 35.5 Å². The van der Waals surface area contributed by atoms with Gasteiger partial charge in [0, 0.05) is 0 Å². The largest absolute Gasteiger partial charge is 0.422 e. The second kappa shape index (κ2) is 4.17. The molecule has 0 aromatic heterocycles. The first kappa shape index (κ1) is 13.8. The third kappa shape index (κ3) is 2.21. The molecule has 17 heavy (non-hydrogen) atoms. The van der Waals surface area contributed by atoms with Crippen LogP contribution in [0.15, 0.2) is 0 Å². The molecule has 0 radical (unpaired) electrons. The van der Waals surface area contributed by atoms with E-state index in [4.69, 9.17) is 0 Å². The molecule has 0 N–H and O–H groups in total. The van der Waals surface area contributed by atoms with Crippen LogP contribution in [-0.2, 0) is 6.18 Å². The minimum atomic E-state index is -5.64. The van der Waals surface area contributed by atoms with E-state index in [0.29, 0.717) is 0 Å². The molecule has 0 aliphatic carbocycles. The molecule has 94 valence electrons. The van der Waals surface area contributed by atoms with Crippen LogP contribution in [0.3, 0.4) is 0 Å². The highest BCUT2D eigenvalue weighted by Gasteiger charge is 2.43. The summed E-state index contributed by atoms with van der Waals surface area (Å²) < 4.78 is 87.7. The lowest BCUT2D eigenvalue weighted by molar-refractivity contribution is -0.142. The second-order valence-corrected chi connectivity index (χ2v) is 3.12. The highest BCUT2D eigenvalue weighted by Crippen LogP contribution is 2.37. The fourth-order valence-electron chi connectivity index (χ4n) is 1.05. The molecule has 0 fully saturated rings. The lowest BCUT2D eigenvalue weighted by Crippen LogP contribution is -2.18. The minimum absolute atomic E-state index is 1.99. The molecule has 0 saturated heterocycles. The van der Waals surface area contributed by atoms with Crippen molar-refractivity contribution >= 4 is 16.8 Å².